The molecule has 0 spiro atoms. The molecule has 14 heavy (non-hydrogen) atoms. The Bertz CT molecular complexity index is 381. The Balaban J connectivity index is 2.79. The number of pyridine rings is 1. The maximum atomic E-state index is 11.3. The van der Waals surface area contributed by atoms with Crippen molar-refractivity contribution < 1.29 is 9.84 Å². The van der Waals surface area contributed by atoms with Crippen LogP contribution in [0.25, 0.3) is 0 Å². The number of H-pyrrole nitrogens is 1. The van der Waals surface area contributed by atoms with Crippen LogP contribution in [0.2, 0.25) is 0 Å². The minimum atomic E-state index is -0.242. The van der Waals surface area contributed by atoms with E-state index in [1.165, 1.54) is 12.3 Å². The lowest BCUT2D eigenvalue weighted by molar-refractivity contribution is 0.276. The molecule has 0 amide bonds. The Morgan fingerprint density at radius 3 is 2.93 bits per heavy atom. The molecule has 0 atom stereocenters. The molecular formula is C10H13NO3. The predicted molar refractivity (Wildman–Crippen MR) is 53.3 cm³/mol. The van der Waals surface area contributed by atoms with Crippen molar-refractivity contribution in [3.8, 4) is 5.75 Å². The highest BCUT2D eigenvalue weighted by Crippen LogP contribution is 2.03. The largest absolute Gasteiger partial charge is 0.484 e. The second-order valence-corrected chi connectivity index (χ2v) is 3.09. The van der Waals surface area contributed by atoms with Gasteiger partial charge in [-0.1, -0.05) is 6.58 Å². The van der Waals surface area contributed by atoms with Crippen LogP contribution in [-0.2, 0) is 6.61 Å². The van der Waals surface area contributed by atoms with Gasteiger partial charge in [0.2, 0.25) is 5.43 Å². The Morgan fingerprint density at radius 1 is 1.71 bits per heavy atom. The zero-order valence-corrected chi connectivity index (χ0v) is 8.04. The summed E-state index contributed by atoms with van der Waals surface area (Å²) in [6.45, 7) is 5.61. The molecule has 0 aliphatic heterocycles. The summed E-state index contributed by atoms with van der Waals surface area (Å²) in [7, 11) is 0. The van der Waals surface area contributed by atoms with Gasteiger partial charge < -0.3 is 14.8 Å². The van der Waals surface area contributed by atoms with Gasteiger partial charge in [0.1, 0.15) is 6.61 Å². The molecule has 1 rings (SSSR count). The normalized spacial score (nSPS) is 9.86. The van der Waals surface area contributed by atoms with Crippen molar-refractivity contribution in [2.75, 3.05) is 6.61 Å². The third kappa shape index (κ3) is 2.74. The van der Waals surface area contributed by atoms with E-state index in [2.05, 4.69) is 11.6 Å². The average Bonchev–Trinajstić information content (AvgIpc) is 2.15. The van der Waals surface area contributed by atoms with Crippen molar-refractivity contribution in [3.63, 3.8) is 0 Å². The minimum Gasteiger partial charge on any atom is -0.484 e. The molecule has 1 aromatic rings. The number of ether oxygens (including phenoxy) is 1. The molecule has 4 nitrogen and oxygen atoms in total. The second kappa shape index (κ2) is 4.62. The van der Waals surface area contributed by atoms with Crippen molar-refractivity contribution in [2.45, 2.75) is 13.5 Å². The van der Waals surface area contributed by atoms with Crippen molar-refractivity contribution in [1.29, 1.82) is 0 Å². The highest BCUT2D eigenvalue weighted by atomic mass is 16.5. The van der Waals surface area contributed by atoms with E-state index in [9.17, 15) is 4.79 Å². The molecule has 0 saturated carbocycles. The number of hydrogen-bond acceptors (Lipinski definition) is 3. The van der Waals surface area contributed by atoms with E-state index in [0.717, 1.165) is 5.57 Å². The summed E-state index contributed by atoms with van der Waals surface area (Å²) in [5, 5.41) is 8.75. The smallest absolute Gasteiger partial charge is 0.223 e. The van der Waals surface area contributed by atoms with Gasteiger partial charge in [0, 0.05) is 18.0 Å². The molecule has 1 heterocycles. The van der Waals surface area contributed by atoms with Crippen LogP contribution in [0.1, 0.15) is 12.6 Å². The van der Waals surface area contributed by atoms with Crippen molar-refractivity contribution in [2.24, 2.45) is 0 Å². The highest BCUT2D eigenvalue weighted by molar-refractivity contribution is 5.20. The van der Waals surface area contributed by atoms with E-state index in [4.69, 9.17) is 9.84 Å². The summed E-state index contributed by atoms with van der Waals surface area (Å²) >= 11 is 0. The molecule has 2 N–H and O–H groups in total. The van der Waals surface area contributed by atoms with Gasteiger partial charge in [0.25, 0.3) is 0 Å². The predicted octanol–water partition coefficient (Wildman–Crippen LogP) is 0.822. The van der Waals surface area contributed by atoms with E-state index in [-0.39, 0.29) is 17.8 Å². The summed E-state index contributed by atoms with van der Waals surface area (Å²) in [6, 6.07) is 1.31. The van der Waals surface area contributed by atoms with Gasteiger partial charge in [-0.15, -0.1) is 0 Å². The number of nitrogens with one attached hydrogen (secondary N) is 1. The first kappa shape index (κ1) is 10.5. The molecular weight excluding hydrogens is 182 g/mol. The lowest BCUT2D eigenvalue weighted by atomic mass is 10.3. The Labute approximate surface area is 81.9 Å². The monoisotopic (exact) mass is 195 g/mol. The number of aliphatic hydroxyl groups is 1. The maximum Gasteiger partial charge on any atom is 0.223 e. The quantitative estimate of drug-likeness (QED) is 0.699. The Kier molecular flexibility index (Phi) is 3.48. The summed E-state index contributed by atoms with van der Waals surface area (Å²) in [5.41, 5.74) is 1.07. The van der Waals surface area contributed by atoms with Crippen molar-refractivity contribution in [1.82, 2.24) is 4.98 Å². The number of aromatic amines is 1. The van der Waals surface area contributed by atoms with E-state index < -0.39 is 0 Å². The van der Waals surface area contributed by atoms with Crippen LogP contribution in [0.5, 0.6) is 5.75 Å². The molecule has 0 unspecified atom stereocenters. The summed E-state index contributed by atoms with van der Waals surface area (Å²) in [6.07, 6.45) is 1.44. The van der Waals surface area contributed by atoms with Gasteiger partial charge >= 0.3 is 0 Å². The number of aromatic nitrogens is 1. The topological polar surface area (TPSA) is 62.3 Å². The summed E-state index contributed by atoms with van der Waals surface area (Å²) in [5.74, 6) is 0.241. The van der Waals surface area contributed by atoms with Crippen LogP contribution in [0.15, 0.2) is 29.2 Å². The lowest BCUT2D eigenvalue weighted by Gasteiger charge is -2.04. The Hall–Kier alpha value is -1.55. The maximum absolute atomic E-state index is 11.3. The lowest BCUT2D eigenvalue weighted by Crippen LogP contribution is -2.10. The first-order chi connectivity index (χ1) is 6.63. The van der Waals surface area contributed by atoms with Crippen LogP contribution >= 0.6 is 0 Å². The molecule has 0 bridgehead atoms. The molecule has 76 valence electrons. The van der Waals surface area contributed by atoms with Crippen LogP contribution in [0.3, 0.4) is 0 Å². The zero-order chi connectivity index (χ0) is 10.6. The second-order valence-electron chi connectivity index (χ2n) is 3.09. The fourth-order valence-corrected chi connectivity index (χ4v) is 0.905. The molecule has 0 saturated heterocycles. The first-order valence-corrected chi connectivity index (χ1v) is 4.23. The molecule has 4 heteroatoms. The Morgan fingerprint density at radius 2 is 2.43 bits per heavy atom. The molecule has 0 aliphatic carbocycles. The van der Waals surface area contributed by atoms with E-state index in [0.29, 0.717) is 12.3 Å². The summed E-state index contributed by atoms with van der Waals surface area (Å²) in [4.78, 5) is 14.1. The summed E-state index contributed by atoms with van der Waals surface area (Å²) < 4.78 is 5.17. The average molecular weight is 195 g/mol. The zero-order valence-electron chi connectivity index (χ0n) is 8.04. The van der Waals surface area contributed by atoms with Gasteiger partial charge in [-0.25, -0.2) is 0 Å². The molecule has 1 aromatic heterocycles. The van der Waals surface area contributed by atoms with Crippen LogP contribution in [-0.4, -0.2) is 16.7 Å². The highest BCUT2D eigenvalue weighted by Gasteiger charge is 2.01. The van der Waals surface area contributed by atoms with Gasteiger partial charge in [0.15, 0.2) is 5.75 Å². The van der Waals surface area contributed by atoms with Gasteiger partial charge in [0.05, 0.1) is 6.61 Å². The van der Waals surface area contributed by atoms with Crippen LogP contribution in [0, 0.1) is 0 Å². The molecule has 0 fully saturated rings. The molecule has 0 radical (unpaired) electrons. The molecule has 0 aromatic carbocycles. The molecule has 0 aliphatic rings. The third-order valence-electron chi connectivity index (χ3n) is 1.58. The number of aliphatic hydroxyl groups excluding tert-OH is 1. The van der Waals surface area contributed by atoms with Crippen LogP contribution in [0.4, 0.5) is 0 Å². The van der Waals surface area contributed by atoms with Gasteiger partial charge in [-0.3, -0.25) is 4.79 Å². The fourth-order valence-electron chi connectivity index (χ4n) is 0.905. The van der Waals surface area contributed by atoms with Gasteiger partial charge in [-0.2, -0.15) is 0 Å². The van der Waals surface area contributed by atoms with Crippen molar-refractivity contribution in [3.05, 3.63) is 40.3 Å². The first-order valence-electron chi connectivity index (χ1n) is 4.23. The third-order valence-corrected chi connectivity index (χ3v) is 1.58. The fraction of sp³-hybridized carbons (Fsp3) is 0.300. The van der Waals surface area contributed by atoms with Gasteiger partial charge in [-0.05, 0) is 12.5 Å². The van der Waals surface area contributed by atoms with Crippen molar-refractivity contribution >= 4 is 0 Å². The standard InChI is InChI=1S/C10H13NO3/c1-7(2)6-14-10-4-11-8(5-12)3-9(10)13/h3-4,12H,1,5-6H2,2H3,(H,11,13). The number of hydrogen-bond donors (Lipinski definition) is 2. The van der Waals surface area contributed by atoms with E-state index in [1.807, 2.05) is 6.92 Å². The number of rotatable bonds is 4. The SMILES string of the molecule is C=C(C)COc1c[nH]c(CO)cc1=O. The van der Waals surface area contributed by atoms with E-state index in [1.54, 1.807) is 0 Å². The van der Waals surface area contributed by atoms with E-state index >= 15 is 0 Å². The minimum absolute atomic E-state index is 0.185. The van der Waals surface area contributed by atoms with Crippen LogP contribution < -0.4 is 10.2 Å².